The van der Waals surface area contributed by atoms with Gasteiger partial charge in [-0.2, -0.15) is 0 Å². The third-order valence-electron chi connectivity index (χ3n) is 4.65. The van der Waals surface area contributed by atoms with E-state index in [1.807, 2.05) is 66.7 Å². The SMILES string of the molecule is Cn1c(N=N/C(=C\Cc2ccccc2)c2ccccc2)nc2ccccc2c1=O. The van der Waals surface area contributed by atoms with E-state index in [0.29, 0.717) is 10.9 Å². The molecule has 0 fully saturated rings. The molecule has 4 rings (SSSR count). The number of azo groups is 1. The van der Waals surface area contributed by atoms with Crippen LogP contribution in [0, 0.1) is 0 Å². The lowest BCUT2D eigenvalue weighted by Gasteiger charge is -2.05. The summed E-state index contributed by atoms with van der Waals surface area (Å²) in [6, 6.07) is 27.3. The Labute approximate surface area is 168 Å². The highest BCUT2D eigenvalue weighted by Crippen LogP contribution is 2.20. The van der Waals surface area contributed by atoms with Gasteiger partial charge in [0.25, 0.3) is 11.5 Å². The summed E-state index contributed by atoms with van der Waals surface area (Å²) in [5.74, 6) is 0.273. The molecule has 0 radical (unpaired) electrons. The zero-order valence-corrected chi connectivity index (χ0v) is 16.1. The molecule has 0 aliphatic heterocycles. The fraction of sp³-hybridized carbons (Fsp3) is 0.0833. The van der Waals surface area contributed by atoms with Crippen molar-refractivity contribution in [2.75, 3.05) is 0 Å². The molecule has 0 aliphatic carbocycles. The van der Waals surface area contributed by atoms with Crippen molar-refractivity contribution in [1.82, 2.24) is 9.55 Å². The van der Waals surface area contributed by atoms with Gasteiger partial charge in [-0.3, -0.25) is 9.36 Å². The molecule has 0 atom stereocenters. The first kappa shape index (κ1) is 18.5. The summed E-state index contributed by atoms with van der Waals surface area (Å²) < 4.78 is 1.42. The molecule has 0 N–H and O–H groups in total. The Morgan fingerprint density at radius 3 is 2.34 bits per heavy atom. The summed E-state index contributed by atoms with van der Waals surface area (Å²) in [6.45, 7) is 0. The number of benzene rings is 3. The number of hydrogen-bond donors (Lipinski definition) is 0. The van der Waals surface area contributed by atoms with Gasteiger partial charge in [0.05, 0.1) is 16.6 Å². The van der Waals surface area contributed by atoms with Crippen molar-refractivity contribution in [3.63, 3.8) is 0 Å². The molecule has 142 valence electrons. The maximum absolute atomic E-state index is 12.6. The maximum Gasteiger partial charge on any atom is 0.262 e. The minimum atomic E-state index is -0.140. The Hall–Kier alpha value is -3.86. The van der Waals surface area contributed by atoms with Gasteiger partial charge < -0.3 is 0 Å². The second-order valence-electron chi connectivity index (χ2n) is 6.64. The van der Waals surface area contributed by atoms with Gasteiger partial charge in [-0.05, 0) is 24.1 Å². The molecule has 0 unspecified atom stereocenters. The molecule has 0 amide bonds. The zero-order valence-electron chi connectivity index (χ0n) is 16.1. The number of aromatic nitrogens is 2. The van der Waals surface area contributed by atoms with Crippen molar-refractivity contribution < 1.29 is 0 Å². The largest absolute Gasteiger partial charge is 0.278 e. The molecule has 0 spiro atoms. The first-order chi connectivity index (χ1) is 14.2. The lowest BCUT2D eigenvalue weighted by molar-refractivity contribution is 0.831. The summed E-state index contributed by atoms with van der Waals surface area (Å²) >= 11 is 0. The summed E-state index contributed by atoms with van der Waals surface area (Å²) in [4.78, 5) is 17.1. The molecule has 5 heteroatoms. The average Bonchev–Trinajstić information content (AvgIpc) is 2.78. The molecule has 29 heavy (non-hydrogen) atoms. The molecule has 1 aromatic heterocycles. The third-order valence-corrected chi connectivity index (χ3v) is 4.65. The molecule has 5 nitrogen and oxygen atoms in total. The van der Waals surface area contributed by atoms with E-state index in [1.165, 1.54) is 10.1 Å². The van der Waals surface area contributed by atoms with E-state index in [1.54, 1.807) is 19.2 Å². The highest BCUT2D eigenvalue weighted by molar-refractivity contribution is 5.78. The average molecular weight is 380 g/mol. The summed E-state index contributed by atoms with van der Waals surface area (Å²) in [5, 5.41) is 9.33. The van der Waals surface area contributed by atoms with Gasteiger partial charge in [-0.1, -0.05) is 78.9 Å². The molecule has 3 aromatic carbocycles. The molecular formula is C24H20N4O. The van der Waals surface area contributed by atoms with Crippen molar-refractivity contribution in [1.29, 1.82) is 0 Å². The van der Waals surface area contributed by atoms with E-state index in [9.17, 15) is 4.79 Å². The predicted octanol–water partition coefficient (Wildman–Crippen LogP) is 5.30. The number of para-hydroxylation sites is 1. The predicted molar refractivity (Wildman–Crippen MR) is 116 cm³/mol. The maximum atomic E-state index is 12.6. The normalized spacial score (nSPS) is 12.0. The van der Waals surface area contributed by atoms with E-state index in [-0.39, 0.29) is 11.5 Å². The van der Waals surface area contributed by atoms with Gasteiger partial charge in [0.1, 0.15) is 0 Å². The first-order valence-corrected chi connectivity index (χ1v) is 9.39. The fourth-order valence-electron chi connectivity index (χ4n) is 3.05. The third kappa shape index (κ3) is 4.19. The smallest absolute Gasteiger partial charge is 0.262 e. The minimum Gasteiger partial charge on any atom is -0.278 e. The van der Waals surface area contributed by atoms with Crippen LogP contribution in [-0.2, 0) is 13.5 Å². The second kappa shape index (κ2) is 8.44. The van der Waals surface area contributed by atoms with Gasteiger partial charge >= 0.3 is 0 Å². The van der Waals surface area contributed by atoms with E-state index < -0.39 is 0 Å². The van der Waals surface area contributed by atoms with E-state index in [0.717, 1.165) is 17.7 Å². The fourth-order valence-corrected chi connectivity index (χ4v) is 3.05. The van der Waals surface area contributed by atoms with Crippen LogP contribution >= 0.6 is 0 Å². The van der Waals surface area contributed by atoms with Crippen LogP contribution in [0.1, 0.15) is 11.1 Å². The second-order valence-corrected chi connectivity index (χ2v) is 6.64. The van der Waals surface area contributed by atoms with Crippen molar-refractivity contribution in [3.8, 4) is 0 Å². The Morgan fingerprint density at radius 2 is 1.59 bits per heavy atom. The Bertz CT molecular complexity index is 1240. The van der Waals surface area contributed by atoms with Gasteiger partial charge in [0.2, 0.25) is 0 Å². The van der Waals surface area contributed by atoms with Gasteiger partial charge in [0.15, 0.2) is 0 Å². The number of fused-ring (bicyclic) bond motifs is 1. The Balaban J connectivity index is 1.73. The van der Waals surface area contributed by atoms with Crippen molar-refractivity contribution in [2.24, 2.45) is 17.3 Å². The molecule has 1 heterocycles. The minimum absolute atomic E-state index is 0.140. The molecule has 4 aromatic rings. The highest BCUT2D eigenvalue weighted by Gasteiger charge is 2.07. The molecule has 0 bridgehead atoms. The molecule has 0 saturated heterocycles. The number of rotatable bonds is 5. The Kier molecular flexibility index (Phi) is 5.38. The van der Waals surface area contributed by atoms with Gasteiger partial charge in [-0.25, -0.2) is 4.98 Å². The lowest BCUT2D eigenvalue weighted by atomic mass is 10.1. The number of nitrogens with zero attached hydrogens (tertiary/aromatic N) is 4. The van der Waals surface area contributed by atoms with E-state index in [4.69, 9.17) is 0 Å². The topological polar surface area (TPSA) is 59.6 Å². The Morgan fingerprint density at radius 1 is 0.931 bits per heavy atom. The molecule has 0 aliphatic rings. The van der Waals surface area contributed by atoms with Gasteiger partial charge in [-0.15, -0.1) is 10.2 Å². The van der Waals surface area contributed by atoms with Gasteiger partial charge in [0, 0.05) is 12.6 Å². The van der Waals surface area contributed by atoms with Crippen LogP contribution in [-0.4, -0.2) is 9.55 Å². The van der Waals surface area contributed by atoms with Crippen LogP contribution in [0.4, 0.5) is 5.95 Å². The summed E-state index contributed by atoms with van der Waals surface area (Å²) in [6.07, 6.45) is 2.77. The number of allylic oxidation sites excluding steroid dienone is 1. The van der Waals surface area contributed by atoms with Crippen LogP contribution in [0.15, 0.2) is 106 Å². The first-order valence-electron chi connectivity index (χ1n) is 9.39. The van der Waals surface area contributed by atoms with Crippen LogP contribution in [0.5, 0.6) is 0 Å². The van der Waals surface area contributed by atoms with Crippen LogP contribution in [0.3, 0.4) is 0 Å². The van der Waals surface area contributed by atoms with Crippen LogP contribution in [0.2, 0.25) is 0 Å². The highest BCUT2D eigenvalue weighted by atomic mass is 16.1. The summed E-state index contributed by atoms with van der Waals surface area (Å²) in [7, 11) is 1.66. The van der Waals surface area contributed by atoms with Crippen molar-refractivity contribution in [3.05, 3.63) is 112 Å². The quantitative estimate of drug-likeness (QED) is 0.441. The standard InChI is InChI=1S/C24H20N4O/c1-28-23(29)20-14-8-9-15-22(20)25-24(28)27-26-21(19-12-6-3-7-13-19)17-16-18-10-4-2-5-11-18/h2-15,17H,16H2,1H3/b21-17-,27-26?. The van der Waals surface area contributed by atoms with Crippen LogP contribution < -0.4 is 5.56 Å². The van der Waals surface area contributed by atoms with E-state index >= 15 is 0 Å². The number of hydrogen-bond acceptors (Lipinski definition) is 4. The monoisotopic (exact) mass is 380 g/mol. The zero-order chi connectivity index (χ0) is 20.1. The van der Waals surface area contributed by atoms with Crippen molar-refractivity contribution in [2.45, 2.75) is 6.42 Å². The van der Waals surface area contributed by atoms with Crippen LogP contribution in [0.25, 0.3) is 16.6 Å². The van der Waals surface area contributed by atoms with Crippen molar-refractivity contribution >= 4 is 22.5 Å². The lowest BCUT2D eigenvalue weighted by Crippen LogP contribution is -2.17. The summed E-state index contributed by atoms with van der Waals surface area (Å²) in [5.41, 5.74) is 3.35. The van der Waals surface area contributed by atoms with E-state index in [2.05, 4.69) is 27.3 Å². The molecular weight excluding hydrogens is 360 g/mol. The molecule has 0 saturated carbocycles.